The molecule has 10 nitrogen and oxygen atoms in total. The second-order valence-corrected chi connectivity index (χ2v) is 10.4. The van der Waals surface area contributed by atoms with Crippen LogP contribution in [-0.2, 0) is 25.7 Å². The number of likely N-dealkylation sites (tertiary alicyclic amines) is 1. The Labute approximate surface area is 257 Å². The highest BCUT2D eigenvalue weighted by atomic mass is 19.4. The van der Waals surface area contributed by atoms with Crippen molar-refractivity contribution in [2.75, 3.05) is 39.4 Å². The molecule has 1 atom stereocenters. The van der Waals surface area contributed by atoms with Crippen molar-refractivity contribution in [2.24, 2.45) is 5.41 Å². The fourth-order valence-electron chi connectivity index (χ4n) is 4.63. The monoisotopic (exact) mass is 683 g/mol. The van der Waals surface area contributed by atoms with E-state index in [9.17, 15) is 39.5 Å². The molecule has 2 saturated heterocycles. The van der Waals surface area contributed by atoms with Crippen LogP contribution in [0.15, 0.2) is 30.4 Å². The summed E-state index contributed by atoms with van der Waals surface area (Å²) in [7, 11) is 0. The average Bonchev–Trinajstić information content (AvgIpc) is 2.95. The van der Waals surface area contributed by atoms with E-state index in [1.54, 1.807) is 0 Å². The Bertz CT molecular complexity index is 1100. The number of nitrogens with zero attached hydrogens (tertiary/aromatic N) is 3. The number of ether oxygens (including phenoxy) is 1. The van der Waals surface area contributed by atoms with Gasteiger partial charge < -0.3 is 20.1 Å². The Balaban J connectivity index is 0.000000413. The summed E-state index contributed by atoms with van der Waals surface area (Å²) in [5.41, 5.74) is 2.79. The first-order chi connectivity index (χ1) is 21.1. The fraction of sp³-hybridized carbons (Fsp3) is 0.630. The van der Waals surface area contributed by atoms with Crippen molar-refractivity contribution in [1.29, 1.82) is 0 Å². The summed E-state index contributed by atoms with van der Waals surface area (Å²) in [6.07, 6.45) is -4.92. The first-order valence-electron chi connectivity index (χ1n) is 13.6. The van der Waals surface area contributed by atoms with E-state index in [-0.39, 0.29) is 0 Å². The van der Waals surface area contributed by atoms with Gasteiger partial charge in [-0.1, -0.05) is 18.2 Å². The van der Waals surface area contributed by atoms with E-state index in [2.05, 4.69) is 52.1 Å². The van der Waals surface area contributed by atoms with Crippen LogP contribution in [0.5, 0.6) is 0 Å². The van der Waals surface area contributed by atoms with Gasteiger partial charge in [0.05, 0.1) is 18.9 Å². The van der Waals surface area contributed by atoms with Gasteiger partial charge >= 0.3 is 36.4 Å². The lowest BCUT2D eigenvalue weighted by atomic mass is 9.71. The second-order valence-electron chi connectivity index (χ2n) is 10.4. The molecule has 0 radical (unpaired) electrons. The summed E-state index contributed by atoms with van der Waals surface area (Å²) in [5, 5.41) is 21.4. The number of aryl methyl sites for hydroxylation is 1. The minimum Gasteiger partial charge on any atom is -0.475 e. The van der Waals surface area contributed by atoms with Gasteiger partial charge in [0, 0.05) is 31.4 Å². The number of aliphatic carboxylic acids is 3. The van der Waals surface area contributed by atoms with Crippen molar-refractivity contribution < 1.29 is 74.0 Å². The zero-order valence-corrected chi connectivity index (χ0v) is 24.5. The molecule has 0 amide bonds. The van der Waals surface area contributed by atoms with Gasteiger partial charge in [0.25, 0.3) is 0 Å². The van der Waals surface area contributed by atoms with E-state index in [4.69, 9.17) is 34.4 Å². The Morgan fingerprint density at radius 1 is 0.826 bits per heavy atom. The molecule has 2 fully saturated rings. The topological polar surface area (TPSA) is 140 Å². The third kappa shape index (κ3) is 15.2. The first-order valence-corrected chi connectivity index (χ1v) is 13.6. The summed E-state index contributed by atoms with van der Waals surface area (Å²) in [6.45, 7) is 9.46. The lowest BCUT2D eigenvalue weighted by molar-refractivity contribution is -0.193. The molecule has 19 heteroatoms. The number of carboxylic acids is 3. The molecule has 0 aromatic carbocycles. The molecule has 1 unspecified atom stereocenters. The molecule has 1 aromatic rings. The third-order valence-electron chi connectivity index (χ3n) is 7.04. The number of aromatic nitrogens is 1. The number of halogens is 9. The molecule has 3 aliphatic rings. The summed E-state index contributed by atoms with van der Waals surface area (Å²) in [6, 6.07) is 7.00. The van der Waals surface area contributed by atoms with Crippen LogP contribution in [0.3, 0.4) is 0 Å². The largest absolute Gasteiger partial charge is 0.490 e. The molecule has 0 bridgehead atoms. The number of pyridine rings is 1. The molecule has 3 heterocycles. The van der Waals surface area contributed by atoms with Gasteiger partial charge in [0.2, 0.25) is 0 Å². The molecule has 1 spiro atoms. The molecule has 2 aliphatic heterocycles. The number of morpholine rings is 1. The van der Waals surface area contributed by atoms with Crippen LogP contribution in [0.4, 0.5) is 39.5 Å². The molecule has 3 N–H and O–H groups in total. The Kier molecular flexibility index (Phi) is 15.4. The third-order valence-corrected chi connectivity index (χ3v) is 7.04. The average molecular weight is 684 g/mol. The lowest BCUT2D eigenvalue weighted by Gasteiger charge is -2.44. The molecular formula is C27H34F9N3O7. The van der Waals surface area contributed by atoms with E-state index < -0.39 is 36.4 Å². The lowest BCUT2D eigenvalue weighted by Crippen LogP contribution is -2.46. The summed E-state index contributed by atoms with van der Waals surface area (Å²) in [5.74, 6) is -8.27. The van der Waals surface area contributed by atoms with Gasteiger partial charge in [0.1, 0.15) is 0 Å². The second kappa shape index (κ2) is 17.5. The van der Waals surface area contributed by atoms with Crippen molar-refractivity contribution in [3.63, 3.8) is 0 Å². The molecular weight excluding hydrogens is 649 g/mol. The van der Waals surface area contributed by atoms with E-state index >= 15 is 0 Å². The standard InChI is InChI=1S/C21H31N3O.3C2HF3O2/c1-18-3-2-4-19(22-18)17-23-11-9-21(10-12-23)7-5-20(6-8-21)24-13-15-25-16-14-24;3*3-2(4,5)1(6)7/h2-5,7,20H,6,8-17H2,1H3;3*(H,6,7). The molecule has 1 aliphatic carbocycles. The zero-order valence-electron chi connectivity index (χ0n) is 24.5. The van der Waals surface area contributed by atoms with E-state index in [0.717, 1.165) is 38.5 Å². The zero-order chi connectivity index (χ0) is 35.3. The molecule has 46 heavy (non-hydrogen) atoms. The number of piperidine rings is 1. The van der Waals surface area contributed by atoms with Crippen LogP contribution in [0.25, 0.3) is 0 Å². The fourth-order valence-corrected chi connectivity index (χ4v) is 4.63. The number of allylic oxidation sites excluding steroid dienone is 1. The predicted octanol–water partition coefficient (Wildman–Crippen LogP) is 4.92. The Morgan fingerprint density at radius 2 is 1.28 bits per heavy atom. The van der Waals surface area contributed by atoms with Gasteiger partial charge in [-0.2, -0.15) is 39.5 Å². The smallest absolute Gasteiger partial charge is 0.475 e. The number of hydrogen-bond acceptors (Lipinski definition) is 7. The van der Waals surface area contributed by atoms with Crippen molar-refractivity contribution in [3.05, 3.63) is 41.7 Å². The van der Waals surface area contributed by atoms with Crippen molar-refractivity contribution in [2.45, 2.75) is 63.7 Å². The quantitative estimate of drug-likeness (QED) is 0.297. The van der Waals surface area contributed by atoms with Crippen LogP contribution in [-0.4, -0.2) is 112 Å². The Hall–Kier alpha value is -3.45. The van der Waals surface area contributed by atoms with Gasteiger partial charge in [-0.15, -0.1) is 0 Å². The van der Waals surface area contributed by atoms with Crippen molar-refractivity contribution >= 4 is 17.9 Å². The van der Waals surface area contributed by atoms with E-state index in [1.807, 2.05) is 0 Å². The highest BCUT2D eigenvalue weighted by Gasteiger charge is 2.40. The van der Waals surface area contributed by atoms with Gasteiger partial charge in [-0.25, -0.2) is 14.4 Å². The number of carbonyl (C=O) groups is 3. The summed E-state index contributed by atoms with van der Waals surface area (Å²) in [4.78, 5) is 36.5. The minimum atomic E-state index is -5.08. The van der Waals surface area contributed by atoms with Crippen molar-refractivity contribution in [1.82, 2.24) is 14.8 Å². The highest BCUT2D eigenvalue weighted by molar-refractivity contribution is 5.73. The molecule has 0 saturated carbocycles. The van der Waals surface area contributed by atoms with Crippen LogP contribution in [0, 0.1) is 12.3 Å². The molecule has 262 valence electrons. The van der Waals surface area contributed by atoms with Crippen molar-refractivity contribution in [3.8, 4) is 0 Å². The highest BCUT2D eigenvalue weighted by Crippen LogP contribution is 2.41. The van der Waals surface area contributed by atoms with Gasteiger partial charge in [-0.05, 0) is 63.2 Å². The van der Waals surface area contributed by atoms with Crippen LogP contribution in [0.2, 0.25) is 0 Å². The minimum absolute atomic E-state index is 0.458. The van der Waals surface area contributed by atoms with E-state index in [0.29, 0.717) is 11.5 Å². The number of rotatable bonds is 3. The first kappa shape index (κ1) is 40.6. The number of hydrogen-bond donors (Lipinski definition) is 3. The maximum Gasteiger partial charge on any atom is 0.490 e. The SMILES string of the molecule is Cc1cccc(CN2CCC3(C=CC(N4CCOCC4)CC3)CC2)n1.O=C(O)C(F)(F)F.O=C(O)C(F)(F)F.O=C(O)C(F)(F)F. The maximum absolute atomic E-state index is 10.6. The summed E-state index contributed by atoms with van der Waals surface area (Å²) >= 11 is 0. The maximum atomic E-state index is 10.6. The molecule has 1 aromatic heterocycles. The van der Waals surface area contributed by atoms with Crippen LogP contribution >= 0.6 is 0 Å². The van der Waals surface area contributed by atoms with Crippen LogP contribution in [0.1, 0.15) is 37.1 Å². The van der Waals surface area contributed by atoms with Crippen LogP contribution < -0.4 is 0 Å². The van der Waals surface area contributed by atoms with Gasteiger partial charge in [0.15, 0.2) is 0 Å². The Morgan fingerprint density at radius 3 is 1.65 bits per heavy atom. The predicted molar refractivity (Wildman–Crippen MR) is 142 cm³/mol. The van der Waals surface area contributed by atoms with Gasteiger partial charge in [-0.3, -0.25) is 14.8 Å². The molecule has 4 rings (SSSR count). The summed E-state index contributed by atoms with van der Waals surface area (Å²) < 4.78 is 101. The number of carboxylic acid groups (broad SMARTS) is 3. The van der Waals surface area contributed by atoms with E-state index in [1.165, 1.54) is 44.5 Å². The number of alkyl halides is 9. The normalized spacial score (nSPS) is 20.2.